The molecule has 2 fully saturated rings. The van der Waals surface area contributed by atoms with Crippen molar-refractivity contribution in [2.24, 2.45) is 0 Å². The molecule has 0 radical (unpaired) electrons. The predicted octanol–water partition coefficient (Wildman–Crippen LogP) is 4.27. The smallest absolute Gasteiger partial charge is 0.334 e. The molecule has 0 saturated carbocycles. The molecule has 2 N–H and O–H groups in total. The second kappa shape index (κ2) is 13.2. The summed E-state index contributed by atoms with van der Waals surface area (Å²) in [7, 11) is 0. The Balaban J connectivity index is 0.00000423. The molecule has 5 rings (SSSR count). The van der Waals surface area contributed by atoms with Gasteiger partial charge in [0.15, 0.2) is 0 Å². The maximum Gasteiger partial charge on any atom is 0.334 e. The number of phenolic OH excluding ortho intramolecular Hbond substituents is 1. The summed E-state index contributed by atoms with van der Waals surface area (Å²) in [4.78, 5) is 44.3. The van der Waals surface area contributed by atoms with Crippen LogP contribution in [-0.4, -0.2) is 74.1 Å². The van der Waals surface area contributed by atoms with E-state index in [2.05, 4.69) is 5.32 Å². The molecule has 11 heteroatoms. The second-order valence-corrected chi connectivity index (χ2v) is 10.8. The number of amides is 4. The molecule has 4 amide bonds. The van der Waals surface area contributed by atoms with E-state index >= 15 is 0 Å². The minimum Gasteiger partial charge on any atom is -0.508 e. The van der Waals surface area contributed by atoms with Crippen LogP contribution in [0.15, 0.2) is 72.8 Å². The number of piperazine rings is 1. The molecular weight excluding hydrogens is 556 g/mol. The third kappa shape index (κ3) is 6.77. The average Bonchev–Trinajstić information content (AvgIpc) is 2.96. The average molecular weight is 594 g/mol. The van der Waals surface area contributed by atoms with Gasteiger partial charge in [0.2, 0.25) is 11.8 Å². The van der Waals surface area contributed by atoms with E-state index in [-0.39, 0.29) is 63.3 Å². The van der Waals surface area contributed by atoms with E-state index in [4.69, 9.17) is 0 Å². The van der Waals surface area contributed by atoms with Gasteiger partial charge in [0.1, 0.15) is 29.6 Å². The van der Waals surface area contributed by atoms with Gasteiger partial charge in [0, 0.05) is 37.2 Å². The van der Waals surface area contributed by atoms with Gasteiger partial charge in [-0.3, -0.25) is 9.59 Å². The van der Waals surface area contributed by atoms with Gasteiger partial charge in [-0.05, 0) is 43.2 Å². The normalized spacial score (nSPS) is 18.9. The molecule has 3 aromatic rings. The number of halogens is 2. The summed E-state index contributed by atoms with van der Waals surface area (Å²) in [5.41, 5.74) is 1.70. The van der Waals surface area contributed by atoms with Crippen LogP contribution in [0.25, 0.3) is 0 Å². The summed E-state index contributed by atoms with van der Waals surface area (Å²) in [6.07, 6.45) is -0.766. The van der Waals surface area contributed by atoms with Crippen LogP contribution >= 0.6 is 0 Å². The SMILES string of the molecule is C.CC(C)N1CC(=O)N2[C@@H](Cc3ccc(O)cc3)C(=O)N(Cc3ccc(F)cc3F)C[C@@H]2N1C(=O)NCc1ccccc1. The Kier molecular flexibility index (Phi) is 9.65. The van der Waals surface area contributed by atoms with Crippen molar-refractivity contribution in [3.05, 3.63) is 101 Å². The Morgan fingerprint density at radius 1 is 1.00 bits per heavy atom. The third-order valence-corrected chi connectivity index (χ3v) is 7.61. The Labute approximate surface area is 250 Å². The number of hydrogen-bond donors (Lipinski definition) is 2. The van der Waals surface area contributed by atoms with E-state index in [1.807, 2.05) is 44.2 Å². The molecule has 2 aliphatic heterocycles. The fourth-order valence-electron chi connectivity index (χ4n) is 5.49. The Bertz CT molecular complexity index is 1450. The maximum absolute atomic E-state index is 14.7. The van der Waals surface area contributed by atoms with Gasteiger partial charge in [0.25, 0.3) is 0 Å². The van der Waals surface area contributed by atoms with Crippen molar-refractivity contribution in [1.29, 1.82) is 0 Å². The number of rotatable bonds is 7. The van der Waals surface area contributed by atoms with Crippen molar-refractivity contribution in [3.63, 3.8) is 0 Å². The molecule has 0 spiro atoms. The second-order valence-electron chi connectivity index (χ2n) is 10.8. The van der Waals surface area contributed by atoms with Crippen molar-refractivity contribution in [1.82, 2.24) is 25.1 Å². The molecular formula is C32H37F2N5O4. The number of benzene rings is 3. The van der Waals surface area contributed by atoms with E-state index in [1.165, 1.54) is 33.0 Å². The summed E-state index contributed by atoms with van der Waals surface area (Å²) < 4.78 is 28.3. The molecule has 0 aliphatic carbocycles. The lowest BCUT2D eigenvalue weighted by Crippen LogP contribution is -2.77. The van der Waals surface area contributed by atoms with Crippen molar-refractivity contribution < 1.29 is 28.3 Å². The molecule has 0 unspecified atom stereocenters. The number of aromatic hydroxyl groups is 1. The number of urea groups is 1. The monoisotopic (exact) mass is 593 g/mol. The molecule has 0 aromatic heterocycles. The van der Waals surface area contributed by atoms with Gasteiger partial charge in [0.05, 0.1) is 13.1 Å². The summed E-state index contributed by atoms with van der Waals surface area (Å²) in [5, 5.41) is 15.8. The molecule has 2 aliphatic rings. The number of carbonyl (C=O) groups excluding carboxylic acids is 3. The van der Waals surface area contributed by atoms with Crippen LogP contribution in [-0.2, 0) is 29.1 Å². The predicted molar refractivity (Wildman–Crippen MR) is 157 cm³/mol. The molecule has 43 heavy (non-hydrogen) atoms. The van der Waals surface area contributed by atoms with Gasteiger partial charge in [-0.2, -0.15) is 0 Å². The lowest BCUT2D eigenvalue weighted by molar-refractivity contribution is -0.195. The largest absolute Gasteiger partial charge is 0.508 e. The first-order chi connectivity index (χ1) is 20.1. The first kappa shape index (κ1) is 31.4. The van der Waals surface area contributed by atoms with E-state index < -0.39 is 35.8 Å². The fourth-order valence-corrected chi connectivity index (χ4v) is 5.49. The van der Waals surface area contributed by atoms with Gasteiger partial charge < -0.3 is 20.2 Å². The van der Waals surface area contributed by atoms with E-state index in [0.717, 1.165) is 17.7 Å². The summed E-state index contributed by atoms with van der Waals surface area (Å²) in [6, 6.07) is 17.2. The van der Waals surface area contributed by atoms with Crippen molar-refractivity contribution in [2.45, 2.75) is 59.0 Å². The highest BCUT2D eigenvalue weighted by atomic mass is 19.1. The fraction of sp³-hybridized carbons (Fsp3) is 0.344. The van der Waals surface area contributed by atoms with Gasteiger partial charge >= 0.3 is 6.03 Å². The van der Waals surface area contributed by atoms with Crippen molar-refractivity contribution in [2.75, 3.05) is 13.1 Å². The van der Waals surface area contributed by atoms with Gasteiger partial charge in [-0.15, -0.1) is 0 Å². The number of carbonyl (C=O) groups is 3. The number of hydrogen-bond acceptors (Lipinski definition) is 5. The highest BCUT2D eigenvalue weighted by Crippen LogP contribution is 2.30. The highest BCUT2D eigenvalue weighted by Gasteiger charge is 2.51. The lowest BCUT2D eigenvalue weighted by Gasteiger charge is -2.56. The van der Waals surface area contributed by atoms with Crippen molar-refractivity contribution >= 4 is 17.8 Å². The zero-order valence-corrected chi connectivity index (χ0v) is 23.4. The quantitative estimate of drug-likeness (QED) is 0.427. The van der Waals surface area contributed by atoms with E-state index in [1.54, 1.807) is 17.1 Å². The molecule has 3 aromatic carbocycles. The number of phenols is 1. The number of nitrogens with zero attached hydrogens (tertiary/aromatic N) is 4. The summed E-state index contributed by atoms with van der Waals surface area (Å²) >= 11 is 0. The van der Waals surface area contributed by atoms with Gasteiger partial charge in [-0.1, -0.05) is 56.0 Å². The van der Waals surface area contributed by atoms with Crippen LogP contribution in [0.5, 0.6) is 5.75 Å². The molecule has 2 atom stereocenters. The van der Waals surface area contributed by atoms with Gasteiger partial charge in [-0.25, -0.2) is 23.6 Å². The molecule has 2 heterocycles. The van der Waals surface area contributed by atoms with E-state index in [0.29, 0.717) is 5.56 Å². The first-order valence-corrected chi connectivity index (χ1v) is 13.8. The summed E-state index contributed by atoms with van der Waals surface area (Å²) in [5.74, 6) is -2.20. The third-order valence-electron chi connectivity index (χ3n) is 7.61. The zero-order chi connectivity index (χ0) is 30.0. The van der Waals surface area contributed by atoms with Crippen LogP contribution in [0.3, 0.4) is 0 Å². The Hall–Kier alpha value is -4.51. The molecule has 9 nitrogen and oxygen atoms in total. The molecule has 2 saturated heterocycles. The maximum atomic E-state index is 14.7. The Morgan fingerprint density at radius 2 is 1.70 bits per heavy atom. The minimum atomic E-state index is -0.997. The van der Waals surface area contributed by atoms with Crippen molar-refractivity contribution in [3.8, 4) is 5.75 Å². The lowest BCUT2D eigenvalue weighted by atomic mass is 9.98. The van der Waals surface area contributed by atoms with E-state index in [9.17, 15) is 28.3 Å². The molecule has 0 bridgehead atoms. The van der Waals surface area contributed by atoms with Crippen LogP contribution in [0.1, 0.15) is 38.0 Å². The number of fused-ring (bicyclic) bond motifs is 1. The minimum absolute atomic E-state index is 0. The summed E-state index contributed by atoms with van der Waals surface area (Å²) in [6.45, 7) is 3.64. The first-order valence-electron chi connectivity index (χ1n) is 13.8. The standard InChI is InChI=1S/C31H33F2N5O4.CH4/c1-20(2)36-19-29(40)37-27(14-21-8-12-25(39)13-9-21)30(41)35(17-23-10-11-24(32)15-26(23)33)18-28(37)38(36)31(42)34-16-22-6-4-3-5-7-22;/h3-13,15,20,27-28,39H,14,16-19H2,1-2H3,(H,34,42);1H4/t27-,28-;/m0./s1. The van der Waals surface area contributed by atoms with Crippen LogP contribution < -0.4 is 5.32 Å². The molecule has 228 valence electrons. The topological polar surface area (TPSA) is 96.4 Å². The number of nitrogens with one attached hydrogen (secondary N) is 1. The Morgan fingerprint density at radius 3 is 2.35 bits per heavy atom. The van der Waals surface area contributed by atoms with Crippen LogP contribution in [0, 0.1) is 11.6 Å². The zero-order valence-electron chi connectivity index (χ0n) is 23.4. The highest BCUT2D eigenvalue weighted by molar-refractivity contribution is 5.91. The number of hydrazine groups is 1. The van der Waals surface area contributed by atoms with Crippen LogP contribution in [0.2, 0.25) is 0 Å². The van der Waals surface area contributed by atoms with Crippen LogP contribution in [0.4, 0.5) is 13.6 Å².